The molecule has 0 aliphatic heterocycles. The second-order valence-corrected chi connectivity index (χ2v) is 5.69. The van der Waals surface area contributed by atoms with E-state index in [4.69, 9.17) is 15.5 Å². The molecule has 106 valence electrons. The van der Waals surface area contributed by atoms with E-state index in [1.165, 1.54) is 5.56 Å². The van der Waals surface area contributed by atoms with Gasteiger partial charge in [0.05, 0.1) is 18.4 Å². The summed E-state index contributed by atoms with van der Waals surface area (Å²) < 4.78 is 5.46. The Kier molecular flexibility index (Phi) is 3.62. The van der Waals surface area contributed by atoms with Crippen LogP contribution in [-0.2, 0) is 0 Å². The van der Waals surface area contributed by atoms with Crippen LogP contribution >= 0.6 is 11.3 Å². The minimum absolute atomic E-state index is 0.741. The number of aryl methyl sites for hydroxylation is 1. The first-order valence-electron chi connectivity index (χ1n) is 6.64. The molecule has 3 aromatic rings. The van der Waals surface area contributed by atoms with E-state index < -0.39 is 0 Å². The zero-order valence-corrected chi connectivity index (χ0v) is 12.8. The standard InChI is InChI=1S/C17H16N2OS/c1-11-7-8-13(16(9-11)20-2)17-19-15(10-21-17)12-5-3-4-6-14(12)18/h3-10H,18H2,1-2H3. The van der Waals surface area contributed by atoms with Crippen molar-refractivity contribution in [2.24, 2.45) is 0 Å². The number of thiazole rings is 1. The Morgan fingerprint density at radius 1 is 1.10 bits per heavy atom. The fourth-order valence-electron chi connectivity index (χ4n) is 2.23. The Hall–Kier alpha value is -2.33. The van der Waals surface area contributed by atoms with Gasteiger partial charge in [-0.05, 0) is 30.7 Å². The van der Waals surface area contributed by atoms with Crippen LogP contribution in [0.3, 0.4) is 0 Å². The Balaban J connectivity index is 2.05. The zero-order valence-electron chi connectivity index (χ0n) is 12.0. The first-order chi connectivity index (χ1) is 10.2. The van der Waals surface area contributed by atoms with E-state index in [9.17, 15) is 0 Å². The first kappa shape index (κ1) is 13.6. The van der Waals surface area contributed by atoms with Gasteiger partial charge in [-0.3, -0.25) is 0 Å². The van der Waals surface area contributed by atoms with Crippen molar-refractivity contribution < 1.29 is 4.74 Å². The van der Waals surface area contributed by atoms with Crippen LogP contribution in [-0.4, -0.2) is 12.1 Å². The number of rotatable bonds is 3. The lowest BCUT2D eigenvalue weighted by Gasteiger charge is -2.07. The second-order valence-electron chi connectivity index (χ2n) is 4.83. The number of hydrogen-bond acceptors (Lipinski definition) is 4. The summed E-state index contributed by atoms with van der Waals surface area (Å²) in [5.41, 5.74) is 10.8. The molecule has 4 heteroatoms. The number of nitrogens with zero attached hydrogens (tertiary/aromatic N) is 1. The summed E-state index contributed by atoms with van der Waals surface area (Å²) in [6.45, 7) is 2.05. The molecule has 2 aromatic carbocycles. The lowest BCUT2D eigenvalue weighted by atomic mass is 10.1. The summed E-state index contributed by atoms with van der Waals surface area (Å²) in [4.78, 5) is 4.71. The van der Waals surface area contributed by atoms with Crippen LogP contribution in [0.4, 0.5) is 5.69 Å². The minimum atomic E-state index is 0.741. The number of benzene rings is 2. The summed E-state index contributed by atoms with van der Waals surface area (Å²) in [7, 11) is 1.68. The van der Waals surface area contributed by atoms with E-state index in [-0.39, 0.29) is 0 Å². The molecule has 0 aliphatic carbocycles. The maximum atomic E-state index is 6.02. The molecule has 0 radical (unpaired) electrons. The quantitative estimate of drug-likeness (QED) is 0.730. The lowest BCUT2D eigenvalue weighted by Crippen LogP contribution is -1.90. The van der Waals surface area contributed by atoms with Gasteiger partial charge in [-0.15, -0.1) is 11.3 Å². The Morgan fingerprint density at radius 2 is 1.90 bits per heavy atom. The van der Waals surface area contributed by atoms with Gasteiger partial charge in [-0.25, -0.2) is 4.98 Å². The van der Waals surface area contributed by atoms with Gasteiger partial charge >= 0.3 is 0 Å². The minimum Gasteiger partial charge on any atom is -0.496 e. The van der Waals surface area contributed by atoms with E-state index in [0.29, 0.717) is 0 Å². The SMILES string of the molecule is COc1cc(C)ccc1-c1nc(-c2ccccc2N)cs1. The van der Waals surface area contributed by atoms with Crippen molar-refractivity contribution in [3.63, 3.8) is 0 Å². The van der Waals surface area contributed by atoms with E-state index in [0.717, 1.165) is 33.3 Å². The fraction of sp³-hybridized carbons (Fsp3) is 0.118. The molecular weight excluding hydrogens is 280 g/mol. The predicted octanol–water partition coefficient (Wildman–Crippen LogP) is 4.38. The third-order valence-corrected chi connectivity index (χ3v) is 4.20. The van der Waals surface area contributed by atoms with Crippen molar-refractivity contribution in [3.8, 4) is 27.6 Å². The van der Waals surface area contributed by atoms with E-state index in [2.05, 4.69) is 6.07 Å². The number of ether oxygens (including phenoxy) is 1. The molecule has 21 heavy (non-hydrogen) atoms. The molecule has 0 aliphatic rings. The van der Waals surface area contributed by atoms with Gasteiger partial charge in [0.1, 0.15) is 10.8 Å². The van der Waals surface area contributed by atoms with Crippen LogP contribution in [0.5, 0.6) is 5.75 Å². The first-order valence-corrected chi connectivity index (χ1v) is 7.52. The summed E-state index contributed by atoms with van der Waals surface area (Å²) in [6, 6.07) is 13.9. The molecule has 0 unspecified atom stereocenters. The lowest BCUT2D eigenvalue weighted by molar-refractivity contribution is 0.416. The van der Waals surface area contributed by atoms with Gasteiger partial charge in [0.25, 0.3) is 0 Å². The highest BCUT2D eigenvalue weighted by molar-refractivity contribution is 7.13. The van der Waals surface area contributed by atoms with Gasteiger partial charge in [-0.1, -0.05) is 24.3 Å². The van der Waals surface area contributed by atoms with E-state index >= 15 is 0 Å². The molecule has 0 atom stereocenters. The highest BCUT2D eigenvalue weighted by atomic mass is 32.1. The third-order valence-electron chi connectivity index (χ3n) is 3.33. The number of nitrogens with two attached hydrogens (primary N) is 1. The Morgan fingerprint density at radius 3 is 2.67 bits per heavy atom. The normalized spacial score (nSPS) is 10.6. The average molecular weight is 296 g/mol. The van der Waals surface area contributed by atoms with Crippen molar-refractivity contribution in [1.82, 2.24) is 4.98 Å². The van der Waals surface area contributed by atoms with E-state index in [1.807, 2.05) is 48.7 Å². The van der Waals surface area contributed by atoms with Crippen molar-refractivity contribution in [2.75, 3.05) is 12.8 Å². The average Bonchev–Trinajstić information content (AvgIpc) is 2.97. The van der Waals surface area contributed by atoms with Gasteiger partial charge in [0, 0.05) is 16.6 Å². The van der Waals surface area contributed by atoms with Crippen LogP contribution in [0.15, 0.2) is 47.8 Å². The van der Waals surface area contributed by atoms with Crippen LogP contribution in [0, 0.1) is 6.92 Å². The van der Waals surface area contributed by atoms with Crippen molar-refractivity contribution in [3.05, 3.63) is 53.4 Å². The molecular formula is C17H16N2OS. The molecule has 1 aromatic heterocycles. The maximum absolute atomic E-state index is 6.02. The van der Waals surface area contributed by atoms with Gasteiger partial charge < -0.3 is 10.5 Å². The topological polar surface area (TPSA) is 48.1 Å². The number of nitrogen functional groups attached to an aromatic ring is 1. The Bertz CT molecular complexity index is 780. The molecule has 1 heterocycles. The van der Waals surface area contributed by atoms with Crippen LogP contribution in [0.1, 0.15) is 5.56 Å². The number of hydrogen-bond donors (Lipinski definition) is 1. The van der Waals surface area contributed by atoms with Gasteiger partial charge in [0.15, 0.2) is 0 Å². The van der Waals surface area contributed by atoms with Crippen LogP contribution in [0.25, 0.3) is 21.8 Å². The molecule has 0 saturated heterocycles. The van der Waals surface area contributed by atoms with Gasteiger partial charge in [-0.2, -0.15) is 0 Å². The smallest absolute Gasteiger partial charge is 0.129 e. The zero-order chi connectivity index (χ0) is 14.8. The molecule has 0 amide bonds. The fourth-order valence-corrected chi connectivity index (χ4v) is 3.08. The highest BCUT2D eigenvalue weighted by Crippen LogP contribution is 2.36. The number of para-hydroxylation sites is 1. The van der Waals surface area contributed by atoms with Crippen molar-refractivity contribution in [1.29, 1.82) is 0 Å². The summed E-state index contributed by atoms with van der Waals surface area (Å²) in [5.74, 6) is 0.844. The molecule has 3 nitrogen and oxygen atoms in total. The van der Waals surface area contributed by atoms with E-state index in [1.54, 1.807) is 18.4 Å². The Labute approximate surface area is 128 Å². The van der Waals surface area contributed by atoms with Gasteiger partial charge in [0.2, 0.25) is 0 Å². The molecule has 2 N–H and O–H groups in total. The molecule has 0 saturated carbocycles. The van der Waals surface area contributed by atoms with Crippen molar-refractivity contribution in [2.45, 2.75) is 6.92 Å². The molecule has 3 rings (SSSR count). The summed E-state index contributed by atoms with van der Waals surface area (Å²) in [5, 5.41) is 2.96. The number of anilines is 1. The van der Waals surface area contributed by atoms with Crippen molar-refractivity contribution >= 4 is 17.0 Å². The predicted molar refractivity (Wildman–Crippen MR) is 88.7 cm³/mol. The maximum Gasteiger partial charge on any atom is 0.129 e. The summed E-state index contributed by atoms with van der Waals surface area (Å²) >= 11 is 1.59. The largest absolute Gasteiger partial charge is 0.496 e. The summed E-state index contributed by atoms with van der Waals surface area (Å²) in [6.07, 6.45) is 0. The molecule has 0 fully saturated rings. The number of methoxy groups -OCH3 is 1. The third kappa shape index (κ3) is 2.62. The monoisotopic (exact) mass is 296 g/mol. The number of aromatic nitrogens is 1. The van der Waals surface area contributed by atoms with Crippen LogP contribution in [0.2, 0.25) is 0 Å². The van der Waals surface area contributed by atoms with Crippen LogP contribution < -0.4 is 10.5 Å². The highest BCUT2D eigenvalue weighted by Gasteiger charge is 2.12. The molecule has 0 spiro atoms. The second kappa shape index (κ2) is 5.58. The molecule has 0 bridgehead atoms.